The third-order valence-electron chi connectivity index (χ3n) is 3.95. The van der Waals surface area contributed by atoms with Crippen molar-refractivity contribution in [3.05, 3.63) is 29.3 Å². The number of carbonyl (C=O) groups excluding carboxylic acids is 1. The smallest absolute Gasteiger partial charge is 0.410 e. The maximum atomic E-state index is 12.2. The van der Waals surface area contributed by atoms with Crippen LogP contribution >= 0.6 is 11.3 Å². The number of hydrogen-bond donors (Lipinski definition) is 1. The lowest BCUT2D eigenvalue weighted by Gasteiger charge is -2.34. The molecular weight excluding hydrogens is 322 g/mol. The SMILES string of the molecule is CC(C)(C)OC(=O)N1CCNC(CCc2nc3ccccc3s2)C1. The fourth-order valence-corrected chi connectivity index (χ4v) is 3.82. The first-order chi connectivity index (χ1) is 11.4. The number of piperazine rings is 1. The highest BCUT2D eigenvalue weighted by molar-refractivity contribution is 7.18. The molecule has 1 fully saturated rings. The molecule has 0 saturated carbocycles. The third-order valence-corrected chi connectivity index (χ3v) is 5.05. The molecular formula is C18H25N3O2S. The molecule has 130 valence electrons. The monoisotopic (exact) mass is 347 g/mol. The largest absolute Gasteiger partial charge is 0.444 e. The Bertz CT molecular complexity index is 675. The number of aromatic nitrogens is 1. The van der Waals surface area contributed by atoms with Crippen molar-refractivity contribution in [3.63, 3.8) is 0 Å². The van der Waals surface area contributed by atoms with Gasteiger partial charge in [0.2, 0.25) is 0 Å². The Morgan fingerprint density at radius 3 is 2.96 bits per heavy atom. The van der Waals surface area contributed by atoms with Crippen LogP contribution < -0.4 is 5.32 Å². The predicted molar refractivity (Wildman–Crippen MR) is 97.5 cm³/mol. The van der Waals surface area contributed by atoms with E-state index < -0.39 is 5.60 Å². The number of nitrogens with one attached hydrogen (secondary N) is 1. The summed E-state index contributed by atoms with van der Waals surface area (Å²) in [6.07, 6.45) is 1.69. The second-order valence-electron chi connectivity index (χ2n) is 7.19. The average molecular weight is 347 g/mol. The van der Waals surface area contributed by atoms with Crippen LogP contribution in [0.3, 0.4) is 0 Å². The number of aryl methyl sites for hydroxylation is 1. The lowest BCUT2D eigenvalue weighted by atomic mass is 10.1. The first kappa shape index (κ1) is 17.2. The molecule has 5 nitrogen and oxygen atoms in total. The Hall–Kier alpha value is -1.66. The van der Waals surface area contributed by atoms with E-state index >= 15 is 0 Å². The first-order valence-corrected chi connectivity index (χ1v) is 9.28. The summed E-state index contributed by atoms with van der Waals surface area (Å²) in [4.78, 5) is 18.7. The van der Waals surface area contributed by atoms with E-state index in [0.29, 0.717) is 19.1 Å². The molecule has 1 saturated heterocycles. The molecule has 24 heavy (non-hydrogen) atoms. The van der Waals surface area contributed by atoms with Gasteiger partial charge in [-0.05, 0) is 39.3 Å². The van der Waals surface area contributed by atoms with Crippen LogP contribution in [0.4, 0.5) is 4.79 Å². The summed E-state index contributed by atoms with van der Waals surface area (Å²) in [5.41, 5.74) is 0.628. The second kappa shape index (κ2) is 7.07. The zero-order chi connectivity index (χ0) is 17.2. The maximum absolute atomic E-state index is 12.2. The molecule has 0 radical (unpaired) electrons. The number of benzene rings is 1. The summed E-state index contributed by atoms with van der Waals surface area (Å²) in [7, 11) is 0. The van der Waals surface area contributed by atoms with Crippen LogP contribution in [0.2, 0.25) is 0 Å². The minimum Gasteiger partial charge on any atom is -0.444 e. The van der Waals surface area contributed by atoms with Crippen LogP contribution in [0.15, 0.2) is 24.3 Å². The quantitative estimate of drug-likeness (QED) is 0.924. The molecule has 0 spiro atoms. The highest BCUT2D eigenvalue weighted by atomic mass is 32.1. The van der Waals surface area contributed by atoms with Crippen molar-refractivity contribution in [2.24, 2.45) is 0 Å². The van der Waals surface area contributed by atoms with Gasteiger partial charge in [0.1, 0.15) is 5.60 Å². The van der Waals surface area contributed by atoms with Crippen LogP contribution in [0.25, 0.3) is 10.2 Å². The van der Waals surface area contributed by atoms with Crippen LogP contribution in [-0.4, -0.2) is 47.3 Å². The molecule has 6 heteroatoms. The fourth-order valence-electron chi connectivity index (χ4n) is 2.84. The van der Waals surface area contributed by atoms with E-state index in [1.165, 1.54) is 4.70 Å². The van der Waals surface area contributed by atoms with Crippen molar-refractivity contribution in [1.29, 1.82) is 0 Å². The minimum atomic E-state index is -0.446. The summed E-state index contributed by atoms with van der Waals surface area (Å²) in [6.45, 7) is 7.91. The number of ether oxygens (including phenoxy) is 1. The van der Waals surface area contributed by atoms with Crippen LogP contribution in [0, 0.1) is 0 Å². The number of carbonyl (C=O) groups is 1. The van der Waals surface area contributed by atoms with Gasteiger partial charge in [0.15, 0.2) is 0 Å². The van der Waals surface area contributed by atoms with E-state index in [0.717, 1.165) is 29.9 Å². The molecule has 0 aliphatic carbocycles. The summed E-state index contributed by atoms with van der Waals surface area (Å²) < 4.78 is 6.71. The average Bonchev–Trinajstić information content (AvgIpc) is 2.94. The summed E-state index contributed by atoms with van der Waals surface area (Å²) >= 11 is 1.76. The molecule has 2 heterocycles. The van der Waals surface area contributed by atoms with Gasteiger partial charge in [0, 0.05) is 32.1 Å². The molecule has 2 aromatic rings. The van der Waals surface area contributed by atoms with E-state index in [-0.39, 0.29) is 6.09 Å². The van der Waals surface area contributed by atoms with E-state index in [4.69, 9.17) is 4.74 Å². The molecule has 3 rings (SSSR count). The number of thiazole rings is 1. The van der Waals surface area contributed by atoms with Gasteiger partial charge in [0.25, 0.3) is 0 Å². The Kier molecular flexibility index (Phi) is 5.06. The lowest BCUT2D eigenvalue weighted by molar-refractivity contribution is 0.0193. The Labute approximate surface area is 147 Å². The van der Waals surface area contributed by atoms with E-state index in [1.807, 2.05) is 37.8 Å². The molecule has 1 aromatic heterocycles. The number of rotatable bonds is 3. The molecule has 1 amide bonds. The highest BCUT2D eigenvalue weighted by Gasteiger charge is 2.27. The van der Waals surface area contributed by atoms with Gasteiger partial charge >= 0.3 is 6.09 Å². The zero-order valence-corrected chi connectivity index (χ0v) is 15.4. The van der Waals surface area contributed by atoms with Gasteiger partial charge in [-0.25, -0.2) is 9.78 Å². The van der Waals surface area contributed by atoms with Gasteiger partial charge in [-0.15, -0.1) is 11.3 Å². The summed E-state index contributed by atoms with van der Waals surface area (Å²) in [6, 6.07) is 8.52. The molecule has 0 bridgehead atoms. The number of hydrogen-bond acceptors (Lipinski definition) is 5. The third kappa shape index (κ3) is 4.45. The van der Waals surface area contributed by atoms with Gasteiger partial charge < -0.3 is 15.0 Å². The van der Waals surface area contributed by atoms with Crippen molar-refractivity contribution in [1.82, 2.24) is 15.2 Å². The predicted octanol–water partition coefficient (Wildman–Crippen LogP) is 3.44. The second-order valence-corrected chi connectivity index (χ2v) is 8.31. The van der Waals surface area contributed by atoms with Gasteiger partial charge in [-0.3, -0.25) is 0 Å². The van der Waals surface area contributed by atoms with E-state index in [9.17, 15) is 4.79 Å². The summed E-state index contributed by atoms with van der Waals surface area (Å²) in [5.74, 6) is 0. The van der Waals surface area contributed by atoms with Crippen molar-refractivity contribution >= 4 is 27.6 Å². The van der Waals surface area contributed by atoms with Crippen LogP contribution in [-0.2, 0) is 11.2 Å². The van der Waals surface area contributed by atoms with Gasteiger partial charge in [-0.2, -0.15) is 0 Å². The number of amides is 1. The highest BCUT2D eigenvalue weighted by Crippen LogP contribution is 2.23. The molecule has 1 aliphatic heterocycles. The maximum Gasteiger partial charge on any atom is 0.410 e. The molecule has 1 unspecified atom stereocenters. The van der Waals surface area contributed by atoms with E-state index in [2.05, 4.69) is 22.4 Å². The van der Waals surface area contributed by atoms with Crippen molar-refractivity contribution in [2.45, 2.75) is 45.3 Å². The van der Waals surface area contributed by atoms with Gasteiger partial charge in [-0.1, -0.05) is 12.1 Å². The number of nitrogens with zero attached hydrogens (tertiary/aromatic N) is 2. The van der Waals surface area contributed by atoms with E-state index in [1.54, 1.807) is 11.3 Å². The van der Waals surface area contributed by atoms with Crippen molar-refractivity contribution in [3.8, 4) is 0 Å². The van der Waals surface area contributed by atoms with Crippen LogP contribution in [0.1, 0.15) is 32.2 Å². The van der Waals surface area contributed by atoms with Crippen LogP contribution in [0.5, 0.6) is 0 Å². The lowest BCUT2D eigenvalue weighted by Crippen LogP contribution is -2.53. The van der Waals surface area contributed by atoms with Gasteiger partial charge in [0.05, 0.1) is 15.2 Å². The number of para-hydroxylation sites is 1. The Balaban J connectivity index is 1.54. The zero-order valence-electron chi connectivity index (χ0n) is 14.5. The standard InChI is InChI=1S/C18H25N3O2S/c1-18(2,3)23-17(22)21-11-10-19-13(12-21)8-9-16-20-14-6-4-5-7-15(14)24-16/h4-7,13,19H,8-12H2,1-3H3. The first-order valence-electron chi connectivity index (χ1n) is 8.46. The molecule has 1 N–H and O–H groups in total. The van der Waals surface area contributed by atoms with Crippen molar-refractivity contribution < 1.29 is 9.53 Å². The minimum absolute atomic E-state index is 0.214. The Morgan fingerprint density at radius 1 is 1.42 bits per heavy atom. The van der Waals surface area contributed by atoms with Crippen molar-refractivity contribution in [2.75, 3.05) is 19.6 Å². The molecule has 1 aromatic carbocycles. The number of fused-ring (bicyclic) bond motifs is 1. The molecule has 1 atom stereocenters. The molecule has 1 aliphatic rings. The topological polar surface area (TPSA) is 54.5 Å². The normalized spacial score (nSPS) is 18.8. The summed E-state index contributed by atoms with van der Waals surface area (Å²) in [5, 5.41) is 4.66. The Morgan fingerprint density at radius 2 is 2.21 bits per heavy atom. The fraction of sp³-hybridized carbons (Fsp3) is 0.556.